The van der Waals surface area contributed by atoms with Gasteiger partial charge >= 0.3 is 0 Å². The first kappa shape index (κ1) is 16.1. The molecule has 0 saturated heterocycles. The highest BCUT2D eigenvalue weighted by Crippen LogP contribution is 2.31. The summed E-state index contributed by atoms with van der Waals surface area (Å²) in [5.41, 5.74) is 4.07. The molecule has 0 saturated carbocycles. The Bertz CT molecular complexity index is 401. The maximum atomic E-state index is 13.0. The van der Waals surface area contributed by atoms with Gasteiger partial charge in [0.25, 0.3) is 5.92 Å². The zero-order valence-corrected chi connectivity index (χ0v) is 9.08. The number of halogens is 6. The van der Waals surface area contributed by atoms with Crippen LogP contribution in [-0.4, -0.2) is 17.6 Å². The van der Waals surface area contributed by atoms with Crippen LogP contribution in [0, 0.1) is 17.5 Å². The molecule has 8 heteroatoms. The first-order chi connectivity index (χ1) is 7.29. The molecule has 1 atom stereocenters. The van der Waals surface area contributed by atoms with Gasteiger partial charge in [0.05, 0.1) is 6.04 Å². The van der Waals surface area contributed by atoms with E-state index in [0.717, 1.165) is 0 Å². The maximum absolute atomic E-state index is 13.0. The van der Waals surface area contributed by atoms with E-state index < -0.39 is 41.6 Å². The van der Waals surface area contributed by atoms with E-state index in [4.69, 9.17) is 10.8 Å². The van der Waals surface area contributed by atoms with Crippen LogP contribution in [0.15, 0.2) is 12.1 Å². The standard InChI is InChI=1S/C9H8F5NO.ClH/c10-5-2-7(12)6(11)1-4(5)8(15)9(13,14)3-16;/h1-2,8,16H,3,15H2;1H/t8-;/m1./s1. The number of aliphatic hydroxyl groups is 1. The van der Waals surface area contributed by atoms with Gasteiger partial charge in [0.1, 0.15) is 12.4 Å². The van der Waals surface area contributed by atoms with Gasteiger partial charge < -0.3 is 10.8 Å². The van der Waals surface area contributed by atoms with Gasteiger partial charge in [-0.2, -0.15) is 0 Å². The quantitative estimate of drug-likeness (QED) is 0.657. The third kappa shape index (κ3) is 3.27. The molecule has 0 aromatic heterocycles. The first-order valence-corrected chi connectivity index (χ1v) is 4.18. The van der Waals surface area contributed by atoms with E-state index in [1.54, 1.807) is 0 Å². The van der Waals surface area contributed by atoms with E-state index >= 15 is 0 Å². The van der Waals surface area contributed by atoms with Crippen LogP contribution in [0.2, 0.25) is 0 Å². The van der Waals surface area contributed by atoms with Crippen LogP contribution in [0.5, 0.6) is 0 Å². The molecule has 0 bridgehead atoms. The fourth-order valence-electron chi connectivity index (χ4n) is 1.10. The average molecular weight is 278 g/mol. The second-order valence-electron chi connectivity index (χ2n) is 3.18. The third-order valence-corrected chi connectivity index (χ3v) is 2.04. The predicted molar refractivity (Wildman–Crippen MR) is 52.5 cm³/mol. The van der Waals surface area contributed by atoms with Crippen molar-refractivity contribution in [2.24, 2.45) is 5.73 Å². The van der Waals surface area contributed by atoms with Crippen molar-refractivity contribution >= 4 is 12.4 Å². The van der Waals surface area contributed by atoms with Crippen LogP contribution in [0.1, 0.15) is 11.6 Å². The van der Waals surface area contributed by atoms with Gasteiger partial charge in [-0.15, -0.1) is 12.4 Å². The van der Waals surface area contributed by atoms with Crippen LogP contribution >= 0.6 is 12.4 Å². The summed E-state index contributed by atoms with van der Waals surface area (Å²) in [5, 5.41) is 8.32. The van der Waals surface area contributed by atoms with Crippen molar-refractivity contribution in [1.29, 1.82) is 0 Å². The molecule has 0 radical (unpaired) electrons. The highest BCUT2D eigenvalue weighted by atomic mass is 35.5. The predicted octanol–water partition coefficient (Wildman–Crippen LogP) is 2.15. The molecule has 0 unspecified atom stereocenters. The average Bonchev–Trinajstić information content (AvgIpc) is 2.22. The van der Waals surface area contributed by atoms with Crippen LogP contribution in [0.3, 0.4) is 0 Å². The maximum Gasteiger partial charge on any atom is 0.289 e. The number of hydrogen-bond donors (Lipinski definition) is 2. The smallest absolute Gasteiger partial charge is 0.289 e. The van der Waals surface area contributed by atoms with Crippen molar-refractivity contribution in [3.8, 4) is 0 Å². The van der Waals surface area contributed by atoms with Gasteiger partial charge in [0, 0.05) is 11.6 Å². The summed E-state index contributed by atoms with van der Waals surface area (Å²) < 4.78 is 64.0. The number of alkyl halides is 2. The lowest BCUT2D eigenvalue weighted by molar-refractivity contribution is -0.0719. The summed E-state index contributed by atoms with van der Waals surface area (Å²) >= 11 is 0. The molecule has 0 heterocycles. The fraction of sp³-hybridized carbons (Fsp3) is 0.333. The normalized spacial score (nSPS) is 13.1. The van der Waals surface area contributed by atoms with E-state index in [9.17, 15) is 22.0 Å². The zero-order valence-electron chi connectivity index (χ0n) is 8.26. The molecule has 1 aromatic rings. The summed E-state index contributed by atoms with van der Waals surface area (Å²) in [6.07, 6.45) is 0. The Hall–Kier alpha value is -0.920. The third-order valence-electron chi connectivity index (χ3n) is 2.04. The molecule has 0 aliphatic rings. The van der Waals surface area contributed by atoms with Crippen LogP contribution < -0.4 is 5.73 Å². The van der Waals surface area contributed by atoms with E-state index in [1.807, 2.05) is 0 Å². The largest absolute Gasteiger partial charge is 0.390 e. The van der Waals surface area contributed by atoms with Crippen LogP contribution in [0.4, 0.5) is 22.0 Å². The van der Waals surface area contributed by atoms with E-state index in [1.165, 1.54) is 0 Å². The van der Waals surface area contributed by atoms with Gasteiger partial charge in [-0.25, -0.2) is 22.0 Å². The van der Waals surface area contributed by atoms with Gasteiger partial charge in [-0.05, 0) is 6.07 Å². The fourth-order valence-corrected chi connectivity index (χ4v) is 1.10. The molecule has 0 aliphatic carbocycles. The first-order valence-electron chi connectivity index (χ1n) is 4.18. The van der Waals surface area contributed by atoms with E-state index in [2.05, 4.69) is 0 Å². The Morgan fingerprint density at radius 3 is 2.06 bits per heavy atom. The molecule has 3 N–H and O–H groups in total. The zero-order chi connectivity index (χ0) is 12.5. The number of aliphatic hydroxyl groups excluding tert-OH is 1. The molecule has 1 rings (SSSR count). The van der Waals surface area contributed by atoms with Gasteiger partial charge in [-0.1, -0.05) is 0 Å². The Kier molecular flexibility index (Phi) is 5.31. The molecule has 17 heavy (non-hydrogen) atoms. The highest BCUT2D eigenvalue weighted by molar-refractivity contribution is 5.85. The molecule has 0 aliphatic heterocycles. The molecule has 1 aromatic carbocycles. The second kappa shape index (κ2) is 5.61. The summed E-state index contributed by atoms with van der Waals surface area (Å²) in [7, 11) is 0. The Labute approximate surface area is 99.6 Å². The lowest BCUT2D eigenvalue weighted by Crippen LogP contribution is -2.37. The Morgan fingerprint density at radius 2 is 1.59 bits per heavy atom. The van der Waals surface area contributed by atoms with Crippen molar-refractivity contribution in [2.45, 2.75) is 12.0 Å². The van der Waals surface area contributed by atoms with Crippen molar-refractivity contribution in [3.05, 3.63) is 35.1 Å². The molecule has 0 fully saturated rings. The number of benzene rings is 1. The summed E-state index contributed by atoms with van der Waals surface area (Å²) in [6.45, 7) is -1.62. The van der Waals surface area contributed by atoms with Crippen molar-refractivity contribution in [3.63, 3.8) is 0 Å². The van der Waals surface area contributed by atoms with E-state index in [0.29, 0.717) is 0 Å². The van der Waals surface area contributed by atoms with Crippen molar-refractivity contribution in [2.75, 3.05) is 6.61 Å². The summed E-state index contributed by atoms with van der Waals surface area (Å²) in [4.78, 5) is 0. The molecular formula is C9H9ClF5NO. The lowest BCUT2D eigenvalue weighted by Gasteiger charge is -2.22. The Balaban J connectivity index is 0.00000256. The van der Waals surface area contributed by atoms with E-state index in [-0.39, 0.29) is 24.5 Å². The number of nitrogens with two attached hydrogens (primary N) is 1. The molecule has 0 amide bonds. The SMILES string of the molecule is Cl.N[C@H](c1cc(F)c(F)cc1F)C(F)(F)CO. The number of hydrogen-bond acceptors (Lipinski definition) is 2. The van der Waals surface area contributed by atoms with Crippen LogP contribution in [-0.2, 0) is 0 Å². The summed E-state index contributed by atoms with van der Waals surface area (Å²) in [6, 6.07) is -1.87. The molecular weight excluding hydrogens is 269 g/mol. The number of rotatable bonds is 3. The molecule has 98 valence electrons. The van der Waals surface area contributed by atoms with Gasteiger partial charge in [-0.3, -0.25) is 0 Å². The second-order valence-corrected chi connectivity index (χ2v) is 3.18. The van der Waals surface area contributed by atoms with Crippen molar-refractivity contribution < 1.29 is 27.1 Å². The molecule has 0 spiro atoms. The van der Waals surface area contributed by atoms with Gasteiger partial charge in [0.15, 0.2) is 11.6 Å². The topological polar surface area (TPSA) is 46.2 Å². The minimum Gasteiger partial charge on any atom is -0.390 e. The molecule has 2 nitrogen and oxygen atoms in total. The monoisotopic (exact) mass is 277 g/mol. The summed E-state index contributed by atoms with van der Waals surface area (Å²) in [5.74, 6) is -8.19. The van der Waals surface area contributed by atoms with Crippen LogP contribution in [0.25, 0.3) is 0 Å². The minimum absolute atomic E-state index is 0. The highest BCUT2D eigenvalue weighted by Gasteiger charge is 2.39. The minimum atomic E-state index is -3.81. The van der Waals surface area contributed by atoms with Crippen molar-refractivity contribution in [1.82, 2.24) is 0 Å². The lowest BCUT2D eigenvalue weighted by atomic mass is 10.0. The Morgan fingerprint density at radius 1 is 1.12 bits per heavy atom. The van der Waals surface area contributed by atoms with Gasteiger partial charge in [0.2, 0.25) is 0 Å².